The van der Waals surface area contributed by atoms with Gasteiger partial charge in [0.25, 0.3) is 5.91 Å². The van der Waals surface area contributed by atoms with Crippen molar-refractivity contribution in [2.24, 2.45) is 5.73 Å². The number of likely N-dealkylation sites (N-methyl/N-ethyl adjacent to an activating group) is 1. The van der Waals surface area contributed by atoms with Crippen molar-refractivity contribution in [3.8, 4) is 5.75 Å². The third-order valence-corrected chi connectivity index (χ3v) is 6.88. The smallest absolute Gasteiger partial charge is 0.271 e. The molecule has 1 aliphatic heterocycles. The number of nitrogens with one attached hydrogen (secondary N) is 2. The van der Waals surface area contributed by atoms with Crippen LogP contribution >= 0.6 is 0 Å². The summed E-state index contributed by atoms with van der Waals surface area (Å²) in [5.41, 5.74) is 8.24. The van der Waals surface area contributed by atoms with E-state index < -0.39 is 5.91 Å². The van der Waals surface area contributed by atoms with Crippen molar-refractivity contribution in [3.63, 3.8) is 0 Å². The summed E-state index contributed by atoms with van der Waals surface area (Å²) in [6.07, 6.45) is 3.59. The number of aliphatic hydroxyl groups excluding tert-OH is 1. The third kappa shape index (κ3) is 5.94. The van der Waals surface area contributed by atoms with Crippen LogP contribution in [0, 0.1) is 0 Å². The standard InChI is InChI=1S/C25H37N7O3/c1-4-19-24(27-16-5-8-18(33)9-6-16)30-25(22(28-19)23(26)34)29-20-15-17(7-10-21(20)35-3)32-13-11-31(2)12-14-32/h7,10,15-16,18,33H,4-6,8-9,11-14H2,1-3H3,(H2,26,34)(H2,27,29,30)/t16-,18-. The number of aromatic nitrogens is 2. The predicted octanol–water partition coefficient (Wildman–Crippen LogP) is 2.36. The fourth-order valence-corrected chi connectivity index (χ4v) is 4.69. The highest BCUT2D eigenvalue weighted by Gasteiger charge is 2.24. The van der Waals surface area contributed by atoms with Gasteiger partial charge in [0.05, 0.1) is 24.6 Å². The van der Waals surface area contributed by atoms with E-state index in [1.165, 1.54) is 0 Å². The van der Waals surface area contributed by atoms with E-state index >= 15 is 0 Å². The topological polar surface area (TPSA) is 129 Å². The molecule has 1 aromatic heterocycles. The number of aryl methyl sites for hydroxylation is 1. The summed E-state index contributed by atoms with van der Waals surface area (Å²) in [7, 11) is 3.74. The Labute approximate surface area is 206 Å². The predicted molar refractivity (Wildman–Crippen MR) is 138 cm³/mol. The van der Waals surface area contributed by atoms with E-state index in [0.29, 0.717) is 35.2 Å². The minimum atomic E-state index is -0.642. The summed E-state index contributed by atoms with van der Waals surface area (Å²) in [4.78, 5) is 26.3. The first-order valence-electron chi connectivity index (χ1n) is 12.4. The van der Waals surface area contributed by atoms with Crippen LogP contribution in [0.25, 0.3) is 0 Å². The molecule has 1 amide bonds. The van der Waals surface area contributed by atoms with Crippen LogP contribution in [0.5, 0.6) is 5.75 Å². The molecular weight excluding hydrogens is 446 g/mol. The van der Waals surface area contributed by atoms with Crippen molar-refractivity contribution in [1.29, 1.82) is 0 Å². The van der Waals surface area contributed by atoms with Crippen molar-refractivity contribution in [2.75, 3.05) is 55.9 Å². The maximum atomic E-state index is 12.3. The van der Waals surface area contributed by atoms with Crippen LogP contribution in [0.4, 0.5) is 23.0 Å². The minimum absolute atomic E-state index is 0.0959. The van der Waals surface area contributed by atoms with Crippen LogP contribution in [-0.4, -0.2) is 78.4 Å². The van der Waals surface area contributed by atoms with Crippen LogP contribution in [0.15, 0.2) is 18.2 Å². The van der Waals surface area contributed by atoms with E-state index in [1.54, 1.807) is 7.11 Å². The molecular formula is C25H37N7O3. The lowest BCUT2D eigenvalue weighted by Crippen LogP contribution is -2.44. The number of carbonyl (C=O) groups excluding carboxylic acids is 1. The fourth-order valence-electron chi connectivity index (χ4n) is 4.69. The highest BCUT2D eigenvalue weighted by molar-refractivity contribution is 5.97. The average Bonchev–Trinajstić information content (AvgIpc) is 2.86. The normalized spacial score (nSPS) is 21.0. The van der Waals surface area contributed by atoms with Crippen LogP contribution in [0.3, 0.4) is 0 Å². The zero-order valence-electron chi connectivity index (χ0n) is 20.9. The summed E-state index contributed by atoms with van der Waals surface area (Å²) in [5.74, 6) is 0.920. The second-order valence-corrected chi connectivity index (χ2v) is 9.38. The number of nitrogens with zero attached hydrogens (tertiary/aromatic N) is 4. The summed E-state index contributed by atoms with van der Waals surface area (Å²) in [5, 5.41) is 16.6. The van der Waals surface area contributed by atoms with Crippen LogP contribution in [0.1, 0.15) is 48.8 Å². The highest BCUT2D eigenvalue weighted by atomic mass is 16.5. The van der Waals surface area contributed by atoms with E-state index in [9.17, 15) is 9.90 Å². The Hall–Kier alpha value is -3.11. The molecule has 10 heteroatoms. The molecule has 35 heavy (non-hydrogen) atoms. The Balaban J connectivity index is 1.65. The molecule has 4 rings (SSSR count). The van der Waals surface area contributed by atoms with E-state index in [1.807, 2.05) is 25.1 Å². The summed E-state index contributed by atoms with van der Waals surface area (Å²) >= 11 is 0. The van der Waals surface area contributed by atoms with Gasteiger partial charge in [-0.1, -0.05) is 6.92 Å². The van der Waals surface area contributed by atoms with Crippen molar-refractivity contribution < 1.29 is 14.6 Å². The fraction of sp³-hybridized carbons (Fsp3) is 0.560. The Bertz CT molecular complexity index is 1030. The lowest BCUT2D eigenvalue weighted by atomic mass is 9.93. The molecule has 1 aromatic carbocycles. The number of amides is 1. The number of nitrogens with two attached hydrogens (primary N) is 1. The average molecular weight is 484 g/mol. The van der Waals surface area contributed by atoms with E-state index in [2.05, 4.69) is 32.5 Å². The Kier molecular flexibility index (Phi) is 7.92. The molecule has 5 N–H and O–H groups in total. The zero-order valence-corrected chi connectivity index (χ0v) is 20.9. The molecule has 2 aromatic rings. The molecule has 190 valence electrons. The van der Waals surface area contributed by atoms with Crippen LogP contribution in [-0.2, 0) is 6.42 Å². The number of rotatable bonds is 8. The molecule has 0 atom stereocenters. The van der Waals surface area contributed by atoms with E-state index in [0.717, 1.165) is 57.5 Å². The quantitative estimate of drug-likeness (QED) is 0.447. The van der Waals surface area contributed by atoms with Crippen LogP contribution < -0.4 is 26.0 Å². The van der Waals surface area contributed by atoms with Gasteiger partial charge in [0, 0.05) is 37.9 Å². The number of hydrogen-bond acceptors (Lipinski definition) is 9. The first-order valence-corrected chi connectivity index (χ1v) is 12.4. The molecule has 0 bridgehead atoms. The monoisotopic (exact) mass is 483 g/mol. The van der Waals surface area contributed by atoms with Gasteiger partial charge in [0.2, 0.25) is 0 Å². The number of benzene rings is 1. The zero-order chi connectivity index (χ0) is 24.9. The molecule has 2 fully saturated rings. The van der Waals surface area contributed by atoms with E-state index in [-0.39, 0.29) is 17.8 Å². The number of anilines is 4. The first kappa shape index (κ1) is 25.0. The molecule has 0 spiro atoms. The van der Waals surface area contributed by atoms with Crippen molar-refractivity contribution >= 4 is 28.9 Å². The number of piperazine rings is 1. The Morgan fingerprint density at radius 1 is 1.14 bits per heavy atom. The molecule has 1 aliphatic carbocycles. The molecule has 10 nitrogen and oxygen atoms in total. The van der Waals surface area contributed by atoms with Gasteiger partial charge in [-0.2, -0.15) is 0 Å². The van der Waals surface area contributed by atoms with Gasteiger partial charge >= 0.3 is 0 Å². The second kappa shape index (κ2) is 11.1. The largest absolute Gasteiger partial charge is 0.495 e. The number of hydrogen-bond donors (Lipinski definition) is 4. The maximum Gasteiger partial charge on any atom is 0.271 e. The van der Waals surface area contributed by atoms with Gasteiger partial charge in [-0.25, -0.2) is 9.97 Å². The van der Waals surface area contributed by atoms with Crippen molar-refractivity contribution in [2.45, 2.75) is 51.2 Å². The molecule has 1 saturated carbocycles. The summed E-state index contributed by atoms with van der Waals surface area (Å²) < 4.78 is 5.59. The number of ether oxygens (including phenoxy) is 1. The van der Waals surface area contributed by atoms with Crippen molar-refractivity contribution in [1.82, 2.24) is 14.9 Å². The molecule has 1 saturated heterocycles. The molecule has 0 unspecified atom stereocenters. The maximum absolute atomic E-state index is 12.3. The first-order chi connectivity index (χ1) is 16.9. The van der Waals surface area contributed by atoms with Gasteiger partial charge in [-0.05, 0) is 57.4 Å². The van der Waals surface area contributed by atoms with Gasteiger partial charge in [-0.15, -0.1) is 0 Å². The molecule has 2 aliphatic rings. The minimum Gasteiger partial charge on any atom is -0.495 e. The summed E-state index contributed by atoms with van der Waals surface area (Å²) in [6.45, 7) is 5.84. The number of carbonyl (C=O) groups is 1. The number of primary amides is 1. The molecule has 0 radical (unpaired) electrons. The highest BCUT2D eigenvalue weighted by Crippen LogP contribution is 2.34. The Morgan fingerprint density at radius 3 is 2.49 bits per heavy atom. The second-order valence-electron chi connectivity index (χ2n) is 9.38. The van der Waals surface area contributed by atoms with Gasteiger partial charge in [0.1, 0.15) is 11.6 Å². The van der Waals surface area contributed by atoms with Crippen molar-refractivity contribution in [3.05, 3.63) is 29.6 Å². The Morgan fingerprint density at radius 2 is 1.86 bits per heavy atom. The third-order valence-electron chi connectivity index (χ3n) is 6.88. The lowest BCUT2D eigenvalue weighted by molar-refractivity contribution is 0.0996. The van der Waals surface area contributed by atoms with E-state index in [4.69, 9.17) is 15.5 Å². The number of methoxy groups -OCH3 is 1. The summed E-state index contributed by atoms with van der Waals surface area (Å²) in [6, 6.07) is 6.17. The lowest BCUT2D eigenvalue weighted by Gasteiger charge is -2.34. The number of aliphatic hydroxyl groups is 1. The van der Waals surface area contributed by atoms with Gasteiger partial charge in [0.15, 0.2) is 11.5 Å². The van der Waals surface area contributed by atoms with Gasteiger partial charge < -0.3 is 36.0 Å². The molecule has 2 heterocycles. The SMILES string of the molecule is CCc1nc(C(N)=O)c(Nc2cc(N3CCN(C)CC3)ccc2OC)nc1N[C@H]1CC[C@H](O)CC1. The van der Waals surface area contributed by atoms with Gasteiger partial charge in [-0.3, -0.25) is 4.79 Å². The van der Waals surface area contributed by atoms with Crippen LogP contribution in [0.2, 0.25) is 0 Å².